The Morgan fingerprint density at radius 3 is 2.31 bits per heavy atom. The highest BCUT2D eigenvalue weighted by Crippen LogP contribution is 2.50. The Morgan fingerprint density at radius 2 is 1.58 bits per heavy atom. The average Bonchev–Trinajstić information content (AvgIpc) is 3.72. The highest BCUT2D eigenvalue weighted by atomic mass is 16.4. The molecule has 2 fully saturated rings. The van der Waals surface area contributed by atoms with E-state index in [0.717, 1.165) is 38.9 Å². The number of benzene rings is 3. The van der Waals surface area contributed by atoms with Gasteiger partial charge in [-0.05, 0) is 40.5 Å². The van der Waals surface area contributed by atoms with E-state index in [0.29, 0.717) is 6.42 Å². The summed E-state index contributed by atoms with van der Waals surface area (Å²) < 4.78 is 0. The van der Waals surface area contributed by atoms with Gasteiger partial charge >= 0.3 is 5.97 Å². The van der Waals surface area contributed by atoms with E-state index in [-0.39, 0.29) is 18.9 Å². The van der Waals surface area contributed by atoms with Crippen molar-refractivity contribution in [3.63, 3.8) is 0 Å². The summed E-state index contributed by atoms with van der Waals surface area (Å²) >= 11 is 0. The van der Waals surface area contributed by atoms with E-state index in [9.17, 15) is 19.5 Å². The van der Waals surface area contributed by atoms with Crippen LogP contribution >= 0.6 is 0 Å². The number of hydrogen-bond acceptors (Lipinski definition) is 5. The van der Waals surface area contributed by atoms with Crippen LogP contribution in [0.3, 0.4) is 0 Å². The number of fused-ring (bicyclic) bond motifs is 2. The molecule has 7 rings (SSSR count). The monoisotopic (exact) mass is 596 g/mol. The predicted octanol–water partition coefficient (Wildman–Crippen LogP) is 5.29. The molecule has 0 radical (unpaired) electrons. The number of amides is 2. The maximum Gasteiger partial charge on any atom is 0.325 e. The minimum Gasteiger partial charge on any atom is -0.480 e. The molecule has 8 nitrogen and oxygen atoms in total. The number of aromatic nitrogens is 2. The van der Waals surface area contributed by atoms with Gasteiger partial charge in [-0.25, -0.2) is 0 Å². The number of aliphatic carboxylic acids is 1. The molecule has 224 valence electrons. The topological polar surface area (TPSA) is 115 Å². The third kappa shape index (κ3) is 5.13. The molecule has 2 amide bonds. The molecule has 4 unspecified atom stereocenters. The molecule has 0 saturated carbocycles. The Morgan fingerprint density at radius 1 is 0.867 bits per heavy atom. The van der Waals surface area contributed by atoms with E-state index >= 15 is 0 Å². The standard InChI is InChI=1S/C37H32N4O4/c42-34-31-32(35(43)41(34)21-19-28-10-6-7-20-38-28)37(36(44)45,22-27-23-39-30-12-5-4-11-29(27)30)40-33(31)26-17-15-25(16-18-26)14-13-24-8-2-1-3-9-24/h1-18,20,23,31-33,39-40H,19,21-22H2,(H,44,45)/b14-13+. The summed E-state index contributed by atoms with van der Waals surface area (Å²) in [4.78, 5) is 50.4. The first kappa shape index (κ1) is 28.4. The number of imide groups is 1. The molecule has 2 aromatic heterocycles. The fourth-order valence-corrected chi connectivity index (χ4v) is 6.93. The van der Waals surface area contributed by atoms with E-state index < -0.39 is 35.3 Å². The first-order valence-electron chi connectivity index (χ1n) is 15.1. The van der Waals surface area contributed by atoms with Gasteiger partial charge in [0.1, 0.15) is 5.54 Å². The summed E-state index contributed by atoms with van der Waals surface area (Å²) in [6, 6.07) is 30.2. The summed E-state index contributed by atoms with van der Waals surface area (Å²) in [6.45, 7) is 0.139. The van der Waals surface area contributed by atoms with Crippen molar-refractivity contribution in [3.8, 4) is 0 Å². The molecule has 0 aliphatic carbocycles. The maximum atomic E-state index is 14.1. The van der Waals surface area contributed by atoms with Crippen LogP contribution in [0.1, 0.15) is 34.0 Å². The zero-order chi connectivity index (χ0) is 31.0. The largest absolute Gasteiger partial charge is 0.480 e. The molecule has 2 aliphatic heterocycles. The molecule has 4 atom stereocenters. The number of H-pyrrole nitrogens is 1. The molecule has 0 bridgehead atoms. The van der Waals surface area contributed by atoms with E-state index in [1.165, 1.54) is 4.90 Å². The van der Waals surface area contributed by atoms with Crippen LogP contribution in [-0.2, 0) is 27.2 Å². The minimum absolute atomic E-state index is 0.0367. The number of rotatable bonds is 9. The number of carboxylic acid groups (broad SMARTS) is 1. The zero-order valence-electron chi connectivity index (χ0n) is 24.5. The molecule has 5 aromatic rings. The van der Waals surface area contributed by atoms with Gasteiger partial charge in [0.15, 0.2) is 0 Å². The van der Waals surface area contributed by atoms with Crippen LogP contribution in [0.2, 0.25) is 0 Å². The second-order valence-electron chi connectivity index (χ2n) is 11.7. The fourth-order valence-electron chi connectivity index (χ4n) is 6.93. The molecule has 3 N–H and O–H groups in total. The van der Waals surface area contributed by atoms with E-state index in [4.69, 9.17) is 0 Å². The zero-order valence-corrected chi connectivity index (χ0v) is 24.5. The van der Waals surface area contributed by atoms with Crippen LogP contribution in [0.5, 0.6) is 0 Å². The van der Waals surface area contributed by atoms with Gasteiger partial charge in [-0.15, -0.1) is 0 Å². The second-order valence-corrected chi connectivity index (χ2v) is 11.7. The Kier molecular flexibility index (Phi) is 7.35. The normalized spacial score (nSPS) is 22.8. The number of pyridine rings is 1. The van der Waals surface area contributed by atoms with Crippen molar-refractivity contribution in [3.05, 3.63) is 137 Å². The first-order valence-corrected chi connectivity index (χ1v) is 15.1. The SMILES string of the molecule is O=C1C2C(c3ccc(/C=C/c4ccccc4)cc3)NC(Cc3c[nH]c4ccccc34)(C(=O)O)C2C(=O)N1CCc1ccccn1. The lowest BCUT2D eigenvalue weighted by Crippen LogP contribution is -2.57. The number of carboxylic acids is 1. The molecular weight excluding hydrogens is 564 g/mol. The quantitative estimate of drug-likeness (QED) is 0.157. The van der Waals surface area contributed by atoms with Crippen LogP contribution < -0.4 is 5.32 Å². The van der Waals surface area contributed by atoms with Gasteiger partial charge in [-0.3, -0.25) is 29.6 Å². The van der Waals surface area contributed by atoms with E-state index in [1.54, 1.807) is 12.4 Å². The van der Waals surface area contributed by atoms with Crippen molar-refractivity contribution >= 4 is 40.8 Å². The van der Waals surface area contributed by atoms with Crippen molar-refractivity contribution in [2.24, 2.45) is 11.8 Å². The van der Waals surface area contributed by atoms with Crippen molar-refractivity contribution in [1.82, 2.24) is 20.2 Å². The Bertz CT molecular complexity index is 1900. The molecule has 0 spiro atoms. The molecule has 2 aliphatic rings. The highest BCUT2D eigenvalue weighted by Gasteiger charge is 2.68. The number of para-hydroxylation sites is 1. The van der Waals surface area contributed by atoms with Gasteiger partial charge in [0.25, 0.3) is 0 Å². The lowest BCUT2D eigenvalue weighted by molar-refractivity contribution is -0.151. The highest BCUT2D eigenvalue weighted by molar-refractivity contribution is 6.09. The average molecular weight is 597 g/mol. The number of nitrogens with one attached hydrogen (secondary N) is 2. The number of carbonyl (C=O) groups excluding carboxylic acids is 2. The third-order valence-corrected chi connectivity index (χ3v) is 9.15. The maximum absolute atomic E-state index is 14.1. The van der Waals surface area contributed by atoms with Crippen LogP contribution in [0.15, 0.2) is 109 Å². The van der Waals surface area contributed by atoms with Crippen molar-refractivity contribution in [1.29, 1.82) is 0 Å². The lowest BCUT2D eigenvalue weighted by Gasteiger charge is -2.31. The van der Waals surface area contributed by atoms with Crippen LogP contribution in [0.4, 0.5) is 0 Å². The van der Waals surface area contributed by atoms with Crippen LogP contribution in [-0.4, -0.2) is 49.8 Å². The summed E-state index contributed by atoms with van der Waals surface area (Å²) in [5.41, 5.74) is 3.51. The Labute approximate surface area is 260 Å². The lowest BCUT2D eigenvalue weighted by atomic mass is 9.76. The number of aromatic amines is 1. The molecular formula is C37H32N4O4. The summed E-state index contributed by atoms with van der Waals surface area (Å²) in [5.74, 6) is -3.91. The molecule has 45 heavy (non-hydrogen) atoms. The van der Waals surface area contributed by atoms with Gasteiger partial charge in [0.2, 0.25) is 11.8 Å². The second kappa shape index (κ2) is 11.6. The molecule has 2 saturated heterocycles. The molecule has 4 heterocycles. The van der Waals surface area contributed by atoms with Gasteiger partial charge in [-0.2, -0.15) is 0 Å². The fraction of sp³-hybridized carbons (Fsp3) is 0.189. The minimum atomic E-state index is -1.70. The summed E-state index contributed by atoms with van der Waals surface area (Å²) in [7, 11) is 0. The predicted molar refractivity (Wildman–Crippen MR) is 172 cm³/mol. The summed E-state index contributed by atoms with van der Waals surface area (Å²) in [6.07, 6.45) is 7.93. The third-order valence-electron chi connectivity index (χ3n) is 9.15. The van der Waals surface area contributed by atoms with Crippen LogP contribution in [0, 0.1) is 11.8 Å². The van der Waals surface area contributed by atoms with Crippen molar-refractivity contribution in [2.45, 2.75) is 24.4 Å². The Hall–Kier alpha value is -5.34. The summed E-state index contributed by atoms with van der Waals surface area (Å²) in [5, 5.41) is 15.1. The first-order chi connectivity index (χ1) is 21.9. The van der Waals surface area contributed by atoms with Crippen molar-refractivity contribution in [2.75, 3.05) is 6.54 Å². The Balaban J connectivity index is 1.25. The van der Waals surface area contributed by atoms with Gasteiger partial charge in [0, 0.05) is 54.4 Å². The number of nitrogens with zero attached hydrogens (tertiary/aromatic N) is 2. The number of carbonyl (C=O) groups is 3. The van der Waals surface area contributed by atoms with Crippen LogP contribution in [0.25, 0.3) is 23.1 Å². The number of hydrogen-bond donors (Lipinski definition) is 3. The number of likely N-dealkylation sites (tertiary alicyclic amines) is 1. The van der Waals surface area contributed by atoms with Gasteiger partial charge in [0.05, 0.1) is 11.8 Å². The smallest absolute Gasteiger partial charge is 0.325 e. The van der Waals surface area contributed by atoms with Crippen molar-refractivity contribution < 1.29 is 19.5 Å². The molecule has 8 heteroatoms. The van der Waals surface area contributed by atoms with E-state index in [1.807, 2.05) is 109 Å². The molecule has 3 aromatic carbocycles. The van der Waals surface area contributed by atoms with Gasteiger partial charge in [-0.1, -0.05) is 91.0 Å². The van der Waals surface area contributed by atoms with Gasteiger partial charge < -0.3 is 10.1 Å². The van der Waals surface area contributed by atoms with E-state index in [2.05, 4.69) is 15.3 Å².